The van der Waals surface area contributed by atoms with Crippen LogP contribution >= 0.6 is 0 Å². The molecule has 3 rings (SSSR count). The van der Waals surface area contributed by atoms with Gasteiger partial charge in [0, 0.05) is 12.1 Å². The lowest BCUT2D eigenvalue weighted by molar-refractivity contribution is -0.384. The molecule has 32 heavy (non-hydrogen) atoms. The molecule has 0 spiro atoms. The summed E-state index contributed by atoms with van der Waals surface area (Å²) in [6.45, 7) is 3.67. The summed E-state index contributed by atoms with van der Waals surface area (Å²) >= 11 is 0. The first-order valence-corrected chi connectivity index (χ1v) is 11.2. The maximum Gasteiger partial charge on any atom is 0.407 e. The Morgan fingerprint density at radius 1 is 1.31 bits per heavy atom. The molecule has 10 nitrogen and oxygen atoms in total. The van der Waals surface area contributed by atoms with Gasteiger partial charge in [-0.25, -0.2) is 17.6 Å². The average Bonchev–Trinajstić information content (AvgIpc) is 2.75. The summed E-state index contributed by atoms with van der Waals surface area (Å²) in [5.41, 5.74) is -0.345. The van der Waals surface area contributed by atoms with Crippen molar-refractivity contribution in [3.05, 3.63) is 58.4 Å². The fourth-order valence-corrected chi connectivity index (χ4v) is 4.47. The van der Waals surface area contributed by atoms with Crippen LogP contribution in [-0.2, 0) is 14.8 Å². The van der Waals surface area contributed by atoms with Gasteiger partial charge in [-0.05, 0) is 36.2 Å². The molecule has 172 valence electrons. The van der Waals surface area contributed by atoms with Crippen LogP contribution in [0.15, 0.2) is 47.4 Å². The molecule has 0 aliphatic carbocycles. The number of hydrogen-bond acceptors (Lipinski definition) is 7. The van der Waals surface area contributed by atoms with Crippen LogP contribution < -0.4 is 14.4 Å². The molecule has 1 aliphatic heterocycles. The number of nitrogens with zero attached hydrogens (tertiary/aromatic N) is 2. The predicted molar refractivity (Wildman–Crippen MR) is 113 cm³/mol. The molecule has 1 N–H and O–H groups in total. The van der Waals surface area contributed by atoms with Crippen molar-refractivity contribution < 1.29 is 32.0 Å². The number of amides is 1. The minimum Gasteiger partial charge on any atom is -0.484 e. The van der Waals surface area contributed by atoms with Gasteiger partial charge in [0.15, 0.2) is 0 Å². The Bertz CT molecular complexity index is 1110. The maximum absolute atomic E-state index is 13.3. The first kappa shape index (κ1) is 23.3. The SMILES string of the molecule is CC(C)COC(=O)NCC1CN(S(=O)(=O)c2ccc(F)cc2)c2cc([N+](=O)[O-])ccc2O1. The van der Waals surface area contributed by atoms with Crippen LogP contribution in [0.2, 0.25) is 0 Å². The molecule has 1 atom stereocenters. The first-order chi connectivity index (χ1) is 15.1. The van der Waals surface area contributed by atoms with Crippen molar-refractivity contribution in [1.82, 2.24) is 5.32 Å². The molecule has 1 aliphatic rings. The molecule has 1 heterocycles. The number of carbonyl (C=O) groups excluding carboxylic acids is 1. The molecular formula is C20H22FN3O7S. The second-order valence-electron chi connectivity index (χ2n) is 7.51. The summed E-state index contributed by atoms with van der Waals surface area (Å²) in [7, 11) is -4.21. The third kappa shape index (κ3) is 5.25. The Morgan fingerprint density at radius 3 is 2.62 bits per heavy atom. The maximum atomic E-state index is 13.3. The van der Waals surface area contributed by atoms with Gasteiger partial charge >= 0.3 is 6.09 Å². The van der Waals surface area contributed by atoms with Crippen LogP contribution in [-0.4, -0.2) is 45.2 Å². The number of nitro benzene ring substituents is 1. The molecule has 0 radical (unpaired) electrons. The smallest absolute Gasteiger partial charge is 0.407 e. The normalized spacial score (nSPS) is 15.6. The molecule has 1 unspecified atom stereocenters. The van der Waals surface area contributed by atoms with E-state index in [1.54, 1.807) is 0 Å². The number of rotatable bonds is 7. The van der Waals surface area contributed by atoms with Crippen molar-refractivity contribution >= 4 is 27.5 Å². The Kier molecular flexibility index (Phi) is 6.82. The Balaban J connectivity index is 1.90. The van der Waals surface area contributed by atoms with E-state index in [-0.39, 0.29) is 47.6 Å². The Labute approximate surface area is 184 Å². The lowest BCUT2D eigenvalue weighted by Gasteiger charge is -2.35. The number of non-ortho nitro benzene ring substituents is 1. The van der Waals surface area contributed by atoms with E-state index in [9.17, 15) is 27.7 Å². The number of anilines is 1. The molecule has 0 saturated carbocycles. The zero-order valence-corrected chi connectivity index (χ0v) is 18.2. The highest BCUT2D eigenvalue weighted by molar-refractivity contribution is 7.92. The van der Waals surface area contributed by atoms with Gasteiger partial charge in [-0.2, -0.15) is 0 Å². The fourth-order valence-electron chi connectivity index (χ4n) is 2.97. The highest BCUT2D eigenvalue weighted by Crippen LogP contribution is 2.39. The Morgan fingerprint density at radius 2 is 2.00 bits per heavy atom. The predicted octanol–water partition coefficient (Wildman–Crippen LogP) is 3.07. The molecule has 0 fully saturated rings. The van der Waals surface area contributed by atoms with E-state index >= 15 is 0 Å². The monoisotopic (exact) mass is 467 g/mol. The number of halogens is 1. The number of ether oxygens (including phenoxy) is 2. The van der Waals surface area contributed by atoms with E-state index < -0.39 is 33.0 Å². The molecule has 0 bridgehead atoms. The summed E-state index contributed by atoms with van der Waals surface area (Å²) in [5.74, 6) is -0.371. The molecule has 0 aromatic heterocycles. The van der Waals surface area contributed by atoms with Gasteiger partial charge in [0.1, 0.15) is 23.4 Å². The van der Waals surface area contributed by atoms with Gasteiger partial charge in [0.2, 0.25) is 0 Å². The van der Waals surface area contributed by atoms with E-state index in [1.807, 2.05) is 13.8 Å². The van der Waals surface area contributed by atoms with Crippen molar-refractivity contribution in [3.63, 3.8) is 0 Å². The van der Waals surface area contributed by atoms with Crippen LogP contribution in [0.1, 0.15) is 13.8 Å². The van der Waals surface area contributed by atoms with Crippen LogP contribution in [0.5, 0.6) is 5.75 Å². The second kappa shape index (κ2) is 9.39. The van der Waals surface area contributed by atoms with Crippen molar-refractivity contribution in [2.75, 3.05) is 24.0 Å². The first-order valence-electron chi connectivity index (χ1n) is 9.72. The molecule has 2 aromatic carbocycles. The highest BCUT2D eigenvalue weighted by Gasteiger charge is 2.36. The zero-order valence-electron chi connectivity index (χ0n) is 17.4. The lowest BCUT2D eigenvalue weighted by atomic mass is 10.2. The van der Waals surface area contributed by atoms with E-state index in [2.05, 4.69) is 5.32 Å². The van der Waals surface area contributed by atoms with Gasteiger partial charge in [-0.3, -0.25) is 14.4 Å². The van der Waals surface area contributed by atoms with Crippen LogP contribution in [0.25, 0.3) is 0 Å². The van der Waals surface area contributed by atoms with E-state index in [1.165, 1.54) is 12.1 Å². The summed E-state index contributed by atoms with van der Waals surface area (Å²) in [4.78, 5) is 22.2. The largest absolute Gasteiger partial charge is 0.484 e. The molecule has 2 aromatic rings. The number of carbonyl (C=O) groups is 1. The van der Waals surface area contributed by atoms with Gasteiger partial charge < -0.3 is 14.8 Å². The van der Waals surface area contributed by atoms with Gasteiger partial charge in [0.25, 0.3) is 15.7 Å². The van der Waals surface area contributed by atoms with E-state index in [0.29, 0.717) is 0 Å². The lowest BCUT2D eigenvalue weighted by Crippen LogP contribution is -2.48. The average molecular weight is 467 g/mol. The quantitative estimate of drug-likeness (QED) is 0.489. The molecular weight excluding hydrogens is 445 g/mol. The minimum absolute atomic E-state index is 0.0258. The van der Waals surface area contributed by atoms with Gasteiger partial charge in [-0.1, -0.05) is 13.8 Å². The number of hydrogen-bond donors (Lipinski definition) is 1. The van der Waals surface area contributed by atoms with E-state index in [4.69, 9.17) is 9.47 Å². The van der Waals surface area contributed by atoms with Gasteiger partial charge in [0.05, 0.1) is 29.5 Å². The fraction of sp³-hybridized carbons (Fsp3) is 0.350. The third-order valence-electron chi connectivity index (χ3n) is 4.51. The topological polar surface area (TPSA) is 128 Å². The van der Waals surface area contributed by atoms with Gasteiger partial charge in [-0.15, -0.1) is 0 Å². The summed E-state index contributed by atoms with van der Waals surface area (Å²) in [6, 6.07) is 7.80. The number of alkyl carbamates (subject to hydrolysis) is 1. The summed E-state index contributed by atoms with van der Waals surface area (Å²) in [5, 5.41) is 13.7. The zero-order chi connectivity index (χ0) is 23.5. The molecule has 1 amide bonds. The van der Waals surface area contributed by atoms with Crippen molar-refractivity contribution in [2.24, 2.45) is 5.92 Å². The minimum atomic E-state index is -4.21. The standard InChI is InChI=1S/C20H22FN3O7S/c1-13(2)12-30-20(25)22-10-16-11-23(32(28,29)17-6-3-14(21)4-7-17)18-9-15(24(26)27)5-8-19(18)31-16/h3-9,13,16H,10-12H2,1-2H3,(H,22,25). The molecule has 12 heteroatoms. The van der Waals surface area contributed by atoms with Crippen LogP contribution in [0.3, 0.4) is 0 Å². The van der Waals surface area contributed by atoms with Crippen molar-refractivity contribution in [1.29, 1.82) is 0 Å². The molecule has 0 saturated heterocycles. The number of benzene rings is 2. The third-order valence-corrected chi connectivity index (χ3v) is 6.30. The summed E-state index contributed by atoms with van der Waals surface area (Å²) < 4.78 is 51.6. The second-order valence-corrected chi connectivity index (χ2v) is 9.37. The van der Waals surface area contributed by atoms with Crippen LogP contribution in [0.4, 0.5) is 20.6 Å². The highest BCUT2D eigenvalue weighted by atomic mass is 32.2. The summed E-state index contributed by atoms with van der Waals surface area (Å²) in [6.07, 6.45) is -1.48. The van der Waals surface area contributed by atoms with Crippen molar-refractivity contribution in [2.45, 2.75) is 24.8 Å². The van der Waals surface area contributed by atoms with E-state index in [0.717, 1.165) is 34.6 Å². The number of fused-ring (bicyclic) bond motifs is 1. The number of sulfonamides is 1. The Hall–Kier alpha value is -3.41. The number of nitro groups is 1. The van der Waals surface area contributed by atoms with Crippen molar-refractivity contribution in [3.8, 4) is 5.75 Å². The number of nitrogens with one attached hydrogen (secondary N) is 1. The van der Waals surface area contributed by atoms with Crippen LogP contribution in [0, 0.1) is 21.8 Å².